The van der Waals surface area contributed by atoms with Crippen LogP contribution < -0.4 is 18.9 Å². The molecule has 4 rings (SSSR count). The molecule has 0 aromatic heterocycles. The SMILES string of the molecule is COc1c(OC(=O)c2ccccc2)c(C)c(C(CCC(=O)N2CCSCC2)c2ccccc2)c(OC(C)=O)c1OC. The highest BCUT2D eigenvalue weighted by atomic mass is 32.2. The molecule has 0 N–H and O–H groups in total. The van der Waals surface area contributed by atoms with Crippen molar-refractivity contribution in [2.24, 2.45) is 0 Å². The van der Waals surface area contributed by atoms with Crippen LogP contribution >= 0.6 is 11.8 Å². The monoisotopic (exact) mass is 577 g/mol. The summed E-state index contributed by atoms with van der Waals surface area (Å²) in [5, 5.41) is 0. The molecule has 216 valence electrons. The Labute approximate surface area is 244 Å². The molecule has 41 heavy (non-hydrogen) atoms. The van der Waals surface area contributed by atoms with Gasteiger partial charge in [0, 0.05) is 55.0 Å². The van der Waals surface area contributed by atoms with Gasteiger partial charge in [-0.25, -0.2) is 4.79 Å². The van der Waals surface area contributed by atoms with Crippen molar-refractivity contribution >= 4 is 29.6 Å². The van der Waals surface area contributed by atoms with Crippen LogP contribution in [0, 0.1) is 6.92 Å². The lowest BCUT2D eigenvalue weighted by atomic mass is 9.83. The maximum absolute atomic E-state index is 13.2. The summed E-state index contributed by atoms with van der Waals surface area (Å²) < 4.78 is 23.1. The number of methoxy groups -OCH3 is 2. The van der Waals surface area contributed by atoms with E-state index < -0.39 is 11.9 Å². The number of thioether (sulfide) groups is 1. The number of esters is 2. The van der Waals surface area contributed by atoms with Gasteiger partial charge in [0.1, 0.15) is 0 Å². The van der Waals surface area contributed by atoms with E-state index in [4.69, 9.17) is 18.9 Å². The van der Waals surface area contributed by atoms with E-state index >= 15 is 0 Å². The highest BCUT2D eigenvalue weighted by Gasteiger charge is 2.33. The van der Waals surface area contributed by atoms with E-state index in [-0.39, 0.29) is 41.2 Å². The Balaban J connectivity index is 1.86. The zero-order valence-electron chi connectivity index (χ0n) is 23.8. The summed E-state index contributed by atoms with van der Waals surface area (Å²) in [6.45, 7) is 4.56. The van der Waals surface area contributed by atoms with Crippen molar-refractivity contribution in [3.63, 3.8) is 0 Å². The van der Waals surface area contributed by atoms with E-state index in [9.17, 15) is 14.4 Å². The van der Waals surface area contributed by atoms with Crippen LogP contribution in [0.1, 0.15) is 52.7 Å². The predicted molar refractivity (Wildman–Crippen MR) is 158 cm³/mol. The van der Waals surface area contributed by atoms with Crippen LogP contribution in [0.25, 0.3) is 0 Å². The molecule has 1 aliphatic rings. The average molecular weight is 578 g/mol. The number of hydrogen-bond acceptors (Lipinski definition) is 8. The smallest absolute Gasteiger partial charge is 0.343 e. The van der Waals surface area contributed by atoms with Crippen LogP contribution in [-0.2, 0) is 9.59 Å². The topological polar surface area (TPSA) is 91.4 Å². The van der Waals surface area contributed by atoms with E-state index in [1.54, 1.807) is 31.2 Å². The van der Waals surface area contributed by atoms with E-state index in [0.717, 1.165) is 30.2 Å². The van der Waals surface area contributed by atoms with E-state index in [0.29, 0.717) is 23.1 Å². The zero-order chi connectivity index (χ0) is 29.4. The highest BCUT2D eigenvalue weighted by Crippen LogP contribution is 2.53. The van der Waals surface area contributed by atoms with Gasteiger partial charge in [-0.05, 0) is 31.0 Å². The Morgan fingerprint density at radius 3 is 2.00 bits per heavy atom. The van der Waals surface area contributed by atoms with Gasteiger partial charge in [0.25, 0.3) is 0 Å². The summed E-state index contributed by atoms with van der Waals surface area (Å²) >= 11 is 1.85. The molecule has 8 nitrogen and oxygen atoms in total. The number of carbonyl (C=O) groups excluding carboxylic acids is 3. The van der Waals surface area contributed by atoms with Gasteiger partial charge in [-0.3, -0.25) is 9.59 Å². The summed E-state index contributed by atoms with van der Waals surface area (Å²) in [5.74, 6) is 1.00. The average Bonchev–Trinajstić information content (AvgIpc) is 3.00. The van der Waals surface area contributed by atoms with Gasteiger partial charge in [0.2, 0.25) is 17.4 Å². The van der Waals surface area contributed by atoms with Crippen LogP contribution in [0.2, 0.25) is 0 Å². The van der Waals surface area contributed by atoms with E-state index in [1.807, 2.05) is 53.1 Å². The summed E-state index contributed by atoms with van der Waals surface area (Å²) in [4.78, 5) is 40.7. The van der Waals surface area contributed by atoms with Crippen molar-refractivity contribution in [1.82, 2.24) is 4.90 Å². The van der Waals surface area contributed by atoms with Crippen molar-refractivity contribution < 1.29 is 33.3 Å². The lowest BCUT2D eigenvalue weighted by Gasteiger charge is -2.29. The second-order valence-electron chi connectivity index (χ2n) is 9.61. The van der Waals surface area contributed by atoms with Crippen LogP contribution in [-0.4, -0.2) is 61.6 Å². The molecule has 1 heterocycles. The van der Waals surface area contributed by atoms with Gasteiger partial charge < -0.3 is 23.8 Å². The van der Waals surface area contributed by atoms with E-state index in [1.165, 1.54) is 21.1 Å². The third kappa shape index (κ3) is 7.03. The third-order valence-electron chi connectivity index (χ3n) is 7.03. The number of nitrogens with zero attached hydrogens (tertiary/aromatic N) is 1. The molecule has 0 spiro atoms. The minimum atomic E-state index is -0.574. The van der Waals surface area contributed by atoms with Gasteiger partial charge in [0.15, 0.2) is 11.5 Å². The number of amides is 1. The lowest BCUT2D eigenvalue weighted by Crippen LogP contribution is -2.37. The number of benzene rings is 3. The molecule has 1 aliphatic heterocycles. The summed E-state index contributed by atoms with van der Waals surface area (Å²) in [6, 6.07) is 18.3. The van der Waals surface area contributed by atoms with Crippen LogP contribution in [0.5, 0.6) is 23.0 Å². The predicted octanol–water partition coefficient (Wildman–Crippen LogP) is 5.64. The molecule has 0 saturated carbocycles. The molecule has 1 atom stereocenters. The number of hydrogen-bond donors (Lipinski definition) is 0. The molecule has 3 aromatic rings. The Morgan fingerprint density at radius 2 is 1.41 bits per heavy atom. The van der Waals surface area contributed by atoms with Gasteiger partial charge in [-0.15, -0.1) is 0 Å². The molecule has 9 heteroatoms. The maximum Gasteiger partial charge on any atom is 0.343 e. The van der Waals surface area contributed by atoms with Crippen molar-refractivity contribution in [2.45, 2.75) is 32.6 Å². The molecule has 0 aliphatic carbocycles. The standard InChI is InChI=1S/C32H35NO7S/c1-21-27(25(23-11-7-5-8-12-23)15-16-26(35)33-17-19-41-20-18-33)29(39-22(2)34)31(38-4)30(37-3)28(21)40-32(36)24-13-9-6-10-14-24/h5-14,25H,15-20H2,1-4H3. The Bertz CT molecular complexity index is 1370. The molecule has 0 bridgehead atoms. The first-order chi connectivity index (χ1) is 19.8. The van der Waals surface area contributed by atoms with Crippen molar-refractivity contribution in [3.05, 3.63) is 82.9 Å². The van der Waals surface area contributed by atoms with Gasteiger partial charge in [-0.1, -0.05) is 48.5 Å². The fraction of sp³-hybridized carbons (Fsp3) is 0.344. The van der Waals surface area contributed by atoms with Crippen molar-refractivity contribution in [1.29, 1.82) is 0 Å². The Morgan fingerprint density at radius 1 is 0.829 bits per heavy atom. The highest BCUT2D eigenvalue weighted by molar-refractivity contribution is 7.99. The fourth-order valence-corrected chi connectivity index (χ4v) is 5.98. The molecule has 1 fully saturated rings. The van der Waals surface area contributed by atoms with Crippen molar-refractivity contribution in [3.8, 4) is 23.0 Å². The fourth-order valence-electron chi connectivity index (χ4n) is 5.08. The molecule has 0 radical (unpaired) electrons. The number of ether oxygens (including phenoxy) is 4. The van der Waals surface area contributed by atoms with Crippen LogP contribution in [0.3, 0.4) is 0 Å². The van der Waals surface area contributed by atoms with Gasteiger partial charge in [-0.2, -0.15) is 11.8 Å². The Kier molecular flexibility index (Phi) is 10.3. The Hall–Kier alpha value is -3.98. The molecular formula is C32H35NO7S. The largest absolute Gasteiger partial charge is 0.490 e. The summed E-state index contributed by atoms with van der Waals surface area (Å²) in [6.07, 6.45) is 0.722. The normalized spacial score (nSPS) is 13.7. The van der Waals surface area contributed by atoms with Gasteiger partial charge in [0.05, 0.1) is 19.8 Å². The molecular weight excluding hydrogens is 542 g/mol. The number of carbonyl (C=O) groups is 3. The minimum Gasteiger partial charge on any atom is -0.490 e. The summed E-state index contributed by atoms with van der Waals surface area (Å²) in [5.41, 5.74) is 2.41. The first kappa shape index (κ1) is 30.0. The van der Waals surface area contributed by atoms with E-state index in [2.05, 4.69) is 0 Å². The first-order valence-corrected chi connectivity index (χ1v) is 14.7. The second-order valence-corrected chi connectivity index (χ2v) is 10.8. The van der Waals surface area contributed by atoms with Crippen LogP contribution in [0.4, 0.5) is 0 Å². The lowest BCUT2D eigenvalue weighted by molar-refractivity contribution is -0.132. The molecule has 1 amide bonds. The molecule has 1 unspecified atom stereocenters. The maximum atomic E-state index is 13.2. The second kappa shape index (κ2) is 14.1. The first-order valence-electron chi connectivity index (χ1n) is 13.5. The van der Waals surface area contributed by atoms with Gasteiger partial charge >= 0.3 is 11.9 Å². The van der Waals surface area contributed by atoms with Crippen molar-refractivity contribution in [2.75, 3.05) is 38.8 Å². The molecule has 3 aromatic carbocycles. The minimum absolute atomic E-state index is 0.0779. The van der Waals surface area contributed by atoms with Crippen LogP contribution in [0.15, 0.2) is 60.7 Å². The quantitative estimate of drug-likeness (QED) is 0.226. The molecule has 1 saturated heterocycles. The third-order valence-corrected chi connectivity index (χ3v) is 7.97. The summed E-state index contributed by atoms with van der Waals surface area (Å²) in [7, 11) is 2.86. The number of rotatable bonds is 10. The zero-order valence-corrected chi connectivity index (χ0v) is 24.6.